The van der Waals surface area contributed by atoms with Crippen LogP contribution in [-0.2, 0) is 17.9 Å². The predicted octanol–water partition coefficient (Wildman–Crippen LogP) is 3.66. The number of aryl methyl sites for hydroxylation is 1. The lowest BCUT2D eigenvalue weighted by Crippen LogP contribution is -2.13. The zero-order valence-corrected chi connectivity index (χ0v) is 12.8. The maximum Gasteiger partial charge on any atom is 0.189 e. The van der Waals surface area contributed by atoms with Crippen LogP contribution in [0.25, 0.3) is 0 Å². The van der Waals surface area contributed by atoms with Gasteiger partial charge in [0.2, 0.25) is 0 Å². The van der Waals surface area contributed by atoms with Gasteiger partial charge in [0.1, 0.15) is 5.75 Å². The van der Waals surface area contributed by atoms with E-state index >= 15 is 0 Å². The van der Waals surface area contributed by atoms with Gasteiger partial charge in [-0.15, -0.1) is 0 Å². The molecule has 2 rings (SSSR count). The lowest BCUT2D eigenvalue weighted by molar-refractivity contribution is 0.00449. The molecule has 3 nitrogen and oxygen atoms in total. The molecule has 1 N–H and O–H groups in total. The fourth-order valence-corrected chi connectivity index (χ4v) is 2.09. The Labute approximate surface area is 126 Å². The van der Waals surface area contributed by atoms with Crippen molar-refractivity contribution in [3.05, 3.63) is 65.2 Å². The van der Waals surface area contributed by atoms with Crippen molar-refractivity contribution in [3.8, 4) is 5.75 Å². The first-order valence-electron chi connectivity index (χ1n) is 7.34. The molecule has 21 heavy (non-hydrogen) atoms. The molecule has 0 amide bonds. The minimum Gasteiger partial charge on any atom is -0.467 e. The summed E-state index contributed by atoms with van der Waals surface area (Å²) in [6, 6.07) is 16.3. The maximum atomic E-state index is 5.75. The zero-order chi connectivity index (χ0) is 14.9. The SMILES string of the molecule is CCNCc1cc(C)ccc1OCOCc1ccccc1. The van der Waals surface area contributed by atoms with Crippen LogP contribution in [0.15, 0.2) is 48.5 Å². The Morgan fingerprint density at radius 1 is 1.05 bits per heavy atom. The van der Waals surface area contributed by atoms with Crippen LogP contribution in [0.4, 0.5) is 0 Å². The summed E-state index contributed by atoms with van der Waals surface area (Å²) in [6.45, 7) is 6.76. The van der Waals surface area contributed by atoms with Gasteiger partial charge in [-0.3, -0.25) is 0 Å². The average Bonchev–Trinajstić information content (AvgIpc) is 2.52. The van der Waals surface area contributed by atoms with Gasteiger partial charge < -0.3 is 14.8 Å². The van der Waals surface area contributed by atoms with E-state index in [2.05, 4.69) is 31.3 Å². The van der Waals surface area contributed by atoms with Gasteiger partial charge in [0.25, 0.3) is 0 Å². The van der Waals surface area contributed by atoms with Crippen molar-refractivity contribution in [2.45, 2.75) is 27.0 Å². The molecule has 0 heterocycles. The van der Waals surface area contributed by atoms with Crippen LogP contribution in [0.2, 0.25) is 0 Å². The van der Waals surface area contributed by atoms with Gasteiger partial charge in [0.05, 0.1) is 6.61 Å². The minimum atomic E-state index is 0.261. The van der Waals surface area contributed by atoms with Crippen LogP contribution in [-0.4, -0.2) is 13.3 Å². The molecule has 0 aliphatic heterocycles. The second-order valence-electron chi connectivity index (χ2n) is 4.99. The Morgan fingerprint density at radius 2 is 1.86 bits per heavy atom. The third-order valence-corrected chi connectivity index (χ3v) is 3.19. The molecule has 0 bridgehead atoms. The fourth-order valence-electron chi connectivity index (χ4n) is 2.09. The Balaban J connectivity index is 1.84. The van der Waals surface area contributed by atoms with Crippen molar-refractivity contribution in [2.24, 2.45) is 0 Å². The monoisotopic (exact) mass is 285 g/mol. The molecule has 0 saturated heterocycles. The molecule has 3 heteroatoms. The van der Waals surface area contributed by atoms with E-state index in [1.54, 1.807) is 0 Å². The van der Waals surface area contributed by atoms with E-state index in [-0.39, 0.29) is 6.79 Å². The van der Waals surface area contributed by atoms with Crippen LogP contribution >= 0.6 is 0 Å². The minimum absolute atomic E-state index is 0.261. The first-order valence-corrected chi connectivity index (χ1v) is 7.34. The molecule has 2 aromatic carbocycles. The zero-order valence-electron chi connectivity index (χ0n) is 12.8. The number of rotatable bonds is 8. The number of nitrogens with one attached hydrogen (secondary N) is 1. The molecule has 112 valence electrons. The van der Waals surface area contributed by atoms with Crippen LogP contribution in [0.3, 0.4) is 0 Å². The van der Waals surface area contributed by atoms with Gasteiger partial charge >= 0.3 is 0 Å². The van der Waals surface area contributed by atoms with Crippen molar-refractivity contribution in [2.75, 3.05) is 13.3 Å². The van der Waals surface area contributed by atoms with E-state index in [0.29, 0.717) is 6.61 Å². The average molecular weight is 285 g/mol. The molecular formula is C18H23NO2. The fraction of sp³-hybridized carbons (Fsp3) is 0.333. The van der Waals surface area contributed by atoms with Crippen molar-refractivity contribution in [3.63, 3.8) is 0 Å². The molecule has 0 aromatic heterocycles. The van der Waals surface area contributed by atoms with Crippen LogP contribution < -0.4 is 10.1 Å². The molecule has 0 saturated carbocycles. The van der Waals surface area contributed by atoms with Gasteiger partial charge in [-0.2, -0.15) is 0 Å². The quantitative estimate of drug-likeness (QED) is 0.593. The van der Waals surface area contributed by atoms with E-state index in [9.17, 15) is 0 Å². The second-order valence-corrected chi connectivity index (χ2v) is 4.99. The summed E-state index contributed by atoms with van der Waals surface area (Å²) in [5.74, 6) is 0.884. The summed E-state index contributed by atoms with van der Waals surface area (Å²) in [4.78, 5) is 0. The first kappa shape index (κ1) is 15.5. The van der Waals surface area contributed by atoms with Crippen molar-refractivity contribution < 1.29 is 9.47 Å². The van der Waals surface area contributed by atoms with E-state index in [1.807, 2.05) is 36.4 Å². The molecule has 0 atom stereocenters. The van der Waals surface area contributed by atoms with E-state index in [4.69, 9.17) is 9.47 Å². The Morgan fingerprint density at radius 3 is 2.62 bits per heavy atom. The molecule has 0 aliphatic rings. The topological polar surface area (TPSA) is 30.5 Å². The van der Waals surface area contributed by atoms with Crippen molar-refractivity contribution in [1.82, 2.24) is 5.32 Å². The van der Waals surface area contributed by atoms with Crippen LogP contribution in [0, 0.1) is 6.92 Å². The summed E-state index contributed by atoms with van der Waals surface area (Å²) in [6.07, 6.45) is 0. The Hall–Kier alpha value is -1.84. The van der Waals surface area contributed by atoms with E-state index < -0.39 is 0 Å². The largest absolute Gasteiger partial charge is 0.467 e. The lowest BCUT2D eigenvalue weighted by Gasteiger charge is -2.13. The molecule has 0 unspecified atom stereocenters. The second kappa shape index (κ2) is 8.45. The van der Waals surface area contributed by atoms with Crippen molar-refractivity contribution in [1.29, 1.82) is 0 Å². The van der Waals surface area contributed by atoms with Crippen molar-refractivity contribution >= 4 is 0 Å². The summed E-state index contributed by atoms with van der Waals surface area (Å²) in [5, 5.41) is 3.33. The Bertz CT molecular complexity index is 540. The number of hydrogen-bond donors (Lipinski definition) is 1. The molecule has 0 aliphatic carbocycles. The third-order valence-electron chi connectivity index (χ3n) is 3.19. The van der Waals surface area contributed by atoms with E-state index in [0.717, 1.165) is 24.4 Å². The molecular weight excluding hydrogens is 262 g/mol. The molecule has 0 spiro atoms. The highest BCUT2D eigenvalue weighted by Gasteiger charge is 2.04. The van der Waals surface area contributed by atoms with E-state index in [1.165, 1.54) is 11.1 Å². The maximum absolute atomic E-state index is 5.75. The molecule has 0 radical (unpaired) electrons. The van der Waals surface area contributed by atoms with Gasteiger partial charge in [0.15, 0.2) is 6.79 Å². The highest BCUT2D eigenvalue weighted by Crippen LogP contribution is 2.20. The van der Waals surface area contributed by atoms with Gasteiger partial charge in [-0.25, -0.2) is 0 Å². The summed E-state index contributed by atoms with van der Waals surface area (Å²) >= 11 is 0. The highest BCUT2D eigenvalue weighted by atomic mass is 16.7. The van der Waals surface area contributed by atoms with Gasteiger partial charge in [-0.05, 0) is 25.1 Å². The van der Waals surface area contributed by atoms with Gasteiger partial charge in [-0.1, -0.05) is 55.0 Å². The third kappa shape index (κ3) is 5.21. The van der Waals surface area contributed by atoms with Crippen LogP contribution in [0.1, 0.15) is 23.6 Å². The normalized spacial score (nSPS) is 10.6. The molecule has 2 aromatic rings. The Kier molecular flexibility index (Phi) is 6.25. The molecule has 0 fully saturated rings. The highest BCUT2D eigenvalue weighted by molar-refractivity contribution is 5.36. The summed E-state index contributed by atoms with van der Waals surface area (Å²) in [7, 11) is 0. The number of hydrogen-bond acceptors (Lipinski definition) is 3. The standard InChI is InChI=1S/C18H23NO2/c1-3-19-12-17-11-15(2)9-10-18(17)21-14-20-13-16-7-5-4-6-8-16/h4-11,19H,3,12-14H2,1-2H3. The van der Waals surface area contributed by atoms with Crippen LogP contribution in [0.5, 0.6) is 5.75 Å². The number of ether oxygens (including phenoxy) is 2. The number of benzene rings is 2. The lowest BCUT2D eigenvalue weighted by atomic mass is 10.1. The summed E-state index contributed by atoms with van der Waals surface area (Å²) < 4.78 is 11.3. The first-order chi connectivity index (χ1) is 10.3. The predicted molar refractivity (Wildman–Crippen MR) is 85.3 cm³/mol. The summed E-state index contributed by atoms with van der Waals surface area (Å²) in [5.41, 5.74) is 3.55. The van der Waals surface area contributed by atoms with Gasteiger partial charge in [0, 0.05) is 12.1 Å². The smallest absolute Gasteiger partial charge is 0.189 e.